The molecule has 0 aliphatic rings. The highest BCUT2D eigenvalue weighted by Crippen LogP contribution is 2.23. The molecule has 0 aromatic carbocycles. The van der Waals surface area contributed by atoms with E-state index in [1.807, 2.05) is 19.1 Å². The van der Waals surface area contributed by atoms with Gasteiger partial charge in [0.05, 0.1) is 11.5 Å². The van der Waals surface area contributed by atoms with Crippen molar-refractivity contribution in [1.29, 1.82) is 0 Å². The first-order valence-electron chi connectivity index (χ1n) is 5.14. The monoisotopic (exact) mass is 252 g/mol. The summed E-state index contributed by atoms with van der Waals surface area (Å²) in [5.41, 5.74) is 0. The molecular formula is C11H12N2O3S. The molecule has 2 aromatic heterocycles. The molecule has 0 unspecified atom stereocenters. The van der Waals surface area contributed by atoms with Crippen molar-refractivity contribution in [1.82, 2.24) is 5.32 Å². The van der Waals surface area contributed by atoms with E-state index in [2.05, 4.69) is 5.32 Å². The fourth-order valence-corrected chi connectivity index (χ4v) is 2.24. The number of nitrogens with zero attached hydrogens (tertiary/aromatic N) is 1. The van der Waals surface area contributed by atoms with Gasteiger partial charge < -0.3 is 9.73 Å². The highest BCUT2D eigenvalue weighted by Gasteiger charge is 2.09. The molecule has 0 aliphatic heterocycles. The second-order valence-corrected chi connectivity index (χ2v) is 4.76. The van der Waals surface area contributed by atoms with E-state index >= 15 is 0 Å². The molecule has 0 saturated heterocycles. The van der Waals surface area contributed by atoms with Crippen molar-refractivity contribution in [3.8, 4) is 0 Å². The first kappa shape index (κ1) is 11.8. The highest BCUT2D eigenvalue weighted by molar-refractivity contribution is 7.15. The van der Waals surface area contributed by atoms with Crippen molar-refractivity contribution in [3.63, 3.8) is 0 Å². The Labute approximate surface area is 102 Å². The van der Waals surface area contributed by atoms with Gasteiger partial charge in [-0.2, -0.15) is 0 Å². The number of nitro groups is 1. The predicted molar refractivity (Wildman–Crippen MR) is 65.0 cm³/mol. The van der Waals surface area contributed by atoms with E-state index in [4.69, 9.17) is 4.42 Å². The normalized spacial score (nSPS) is 10.6. The lowest BCUT2D eigenvalue weighted by atomic mass is 10.4. The SMILES string of the molecule is Cc1ccc(CNCc2ccc([N+](=O)[O-])s2)o1. The average molecular weight is 252 g/mol. The van der Waals surface area contributed by atoms with Gasteiger partial charge in [0, 0.05) is 17.5 Å². The van der Waals surface area contributed by atoms with Crippen LogP contribution in [0.5, 0.6) is 0 Å². The molecular weight excluding hydrogens is 240 g/mol. The number of thiophene rings is 1. The van der Waals surface area contributed by atoms with Crippen molar-refractivity contribution in [2.75, 3.05) is 0 Å². The lowest BCUT2D eigenvalue weighted by Crippen LogP contribution is -2.10. The zero-order valence-corrected chi connectivity index (χ0v) is 10.1. The summed E-state index contributed by atoms with van der Waals surface area (Å²) in [5.74, 6) is 1.75. The number of hydrogen-bond acceptors (Lipinski definition) is 5. The van der Waals surface area contributed by atoms with Crippen molar-refractivity contribution < 1.29 is 9.34 Å². The Morgan fingerprint density at radius 2 is 2.18 bits per heavy atom. The number of nitrogens with one attached hydrogen (secondary N) is 1. The van der Waals surface area contributed by atoms with Crippen LogP contribution >= 0.6 is 11.3 Å². The first-order valence-corrected chi connectivity index (χ1v) is 5.96. The molecule has 6 heteroatoms. The Kier molecular flexibility index (Phi) is 3.55. The zero-order chi connectivity index (χ0) is 12.3. The highest BCUT2D eigenvalue weighted by atomic mass is 32.1. The van der Waals surface area contributed by atoms with E-state index in [-0.39, 0.29) is 9.92 Å². The number of furan rings is 1. The van der Waals surface area contributed by atoms with Gasteiger partial charge in [-0.25, -0.2) is 0 Å². The maximum Gasteiger partial charge on any atom is 0.324 e. The van der Waals surface area contributed by atoms with Gasteiger partial charge in [-0.05, 0) is 25.1 Å². The summed E-state index contributed by atoms with van der Waals surface area (Å²) >= 11 is 1.19. The molecule has 0 saturated carbocycles. The average Bonchev–Trinajstić information content (AvgIpc) is 2.88. The molecule has 0 fully saturated rings. The van der Waals surface area contributed by atoms with Gasteiger partial charge in [0.15, 0.2) is 0 Å². The Morgan fingerprint density at radius 1 is 1.35 bits per heavy atom. The largest absolute Gasteiger partial charge is 0.465 e. The van der Waals surface area contributed by atoms with Gasteiger partial charge in [0.25, 0.3) is 0 Å². The lowest BCUT2D eigenvalue weighted by molar-refractivity contribution is -0.380. The summed E-state index contributed by atoms with van der Waals surface area (Å²) in [7, 11) is 0. The predicted octanol–water partition coefficient (Wildman–Crippen LogP) is 2.85. The molecule has 5 nitrogen and oxygen atoms in total. The Balaban J connectivity index is 1.83. The van der Waals surface area contributed by atoms with Crippen LogP contribution in [0.25, 0.3) is 0 Å². The van der Waals surface area contributed by atoms with Crippen LogP contribution in [0.3, 0.4) is 0 Å². The van der Waals surface area contributed by atoms with E-state index in [1.54, 1.807) is 6.07 Å². The smallest absolute Gasteiger partial charge is 0.324 e. The van der Waals surface area contributed by atoms with E-state index in [0.717, 1.165) is 16.4 Å². The molecule has 0 spiro atoms. The van der Waals surface area contributed by atoms with Gasteiger partial charge in [-0.15, -0.1) is 0 Å². The third-order valence-corrected chi connectivity index (χ3v) is 3.26. The van der Waals surface area contributed by atoms with Crippen molar-refractivity contribution in [2.24, 2.45) is 0 Å². The van der Waals surface area contributed by atoms with Crippen LogP contribution in [-0.2, 0) is 13.1 Å². The lowest BCUT2D eigenvalue weighted by Gasteiger charge is -1.99. The number of hydrogen-bond donors (Lipinski definition) is 1. The van der Waals surface area contributed by atoms with Gasteiger partial charge in [-0.1, -0.05) is 11.3 Å². The van der Waals surface area contributed by atoms with Crippen LogP contribution in [0, 0.1) is 17.0 Å². The molecule has 0 amide bonds. The molecule has 2 heterocycles. The summed E-state index contributed by atoms with van der Waals surface area (Å²) in [6.07, 6.45) is 0. The van der Waals surface area contributed by atoms with Crippen LogP contribution in [0.1, 0.15) is 16.4 Å². The molecule has 2 aromatic rings. The Hall–Kier alpha value is -1.66. The van der Waals surface area contributed by atoms with Crippen molar-refractivity contribution in [2.45, 2.75) is 20.0 Å². The van der Waals surface area contributed by atoms with Crippen LogP contribution in [-0.4, -0.2) is 4.92 Å². The molecule has 0 atom stereocenters. The summed E-state index contributed by atoms with van der Waals surface area (Å²) < 4.78 is 5.40. The topological polar surface area (TPSA) is 68.3 Å². The number of rotatable bonds is 5. The van der Waals surface area contributed by atoms with Crippen molar-refractivity contribution >= 4 is 16.3 Å². The second-order valence-electron chi connectivity index (χ2n) is 3.61. The quantitative estimate of drug-likeness (QED) is 0.656. The van der Waals surface area contributed by atoms with Crippen LogP contribution in [0.2, 0.25) is 0 Å². The second kappa shape index (κ2) is 5.11. The summed E-state index contributed by atoms with van der Waals surface area (Å²) in [5, 5.41) is 13.8. The van der Waals surface area contributed by atoms with E-state index in [9.17, 15) is 10.1 Å². The number of aryl methyl sites for hydroxylation is 1. The minimum absolute atomic E-state index is 0.177. The van der Waals surface area contributed by atoms with E-state index in [1.165, 1.54) is 17.4 Å². The standard InChI is InChI=1S/C11H12N2O3S/c1-8-2-3-9(16-8)6-12-7-10-4-5-11(17-10)13(14)15/h2-5,12H,6-7H2,1H3. The molecule has 90 valence electrons. The maximum absolute atomic E-state index is 10.5. The molecule has 1 N–H and O–H groups in total. The van der Waals surface area contributed by atoms with Crippen LogP contribution < -0.4 is 5.32 Å². The van der Waals surface area contributed by atoms with Gasteiger partial charge in [0.2, 0.25) is 0 Å². The Morgan fingerprint density at radius 3 is 2.76 bits per heavy atom. The summed E-state index contributed by atoms with van der Waals surface area (Å²) in [4.78, 5) is 11.1. The zero-order valence-electron chi connectivity index (χ0n) is 9.30. The fraction of sp³-hybridized carbons (Fsp3) is 0.273. The van der Waals surface area contributed by atoms with Crippen LogP contribution in [0.4, 0.5) is 5.00 Å². The molecule has 17 heavy (non-hydrogen) atoms. The van der Waals surface area contributed by atoms with Gasteiger partial charge >= 0.3 is 5.00 Å². The Bertz CT molecular complexity index is 518. The van der Waals surface area contributed by atoms with Gasteiger partial charge in [-0.3, -0.25) is 10.1 Å². The van der Waals surface area contributed by atoms with Gasteiger partial charge in [0.1, 0.15) is 11.5 Å². The summed E-state index contributed by atoms with van der Waals surface area (Å²) in [6.45, 7) is 3.13. The van der Waals surface area contributed by atoms with E-state index < -0.39 is 0 Å². The summed E-state index contributed by atoms with van der Waals surface area (Å²) in [6, 6.07) is 7.12. The van der Waals surface area contributed by atoms with Crippen molar-refractivity contribution in [3.05, 3.63) is 50.8 Å². The third kappa shape index (κ3) is 3.15. The van der Waals surface area contributed by atoms with E-state index in [0.29, 0.717) is 13.1 Å². The fourth-order valence-electron chi connectivity index (χ4n) is 1.45. The molecule has 2 rings (SSSR count). The first-order chi connectivity index (χ1) is 8.15. The minimum atomic E-state index is -0.371. The molecule has 0 aliphatic carbocycles. The van der Waals surface area contributed by atoms with Crippen LogP contribution in [0.15, 0.2) is 28.7 Å². The minimum Gasteiger partial charge on any atom is -0.465 e. The maximum atomic E-state index is 10.5. The molecule has 0 bridgehead atoms. The third-order valence-electron chi connectivity index (χ3n) is 2.22. The molecule has 0 radical (unpaired) electrons.